The first-order valence-corrected chi connectivity index (χ1v) is 6.82. The van der Waals surface area contributed by atoms with Gasteiger partial charge in [0.1, 0.15) is 5.78 Å². The van der Waals surface area contributed by atoms with Gasteiger partial charge in [0.15, 0.2) is 11.6 Å². The number of urea groups is 1. The molecule has 1 heterocycles. The van der Waals surface area contributed by atoms with Crippen LogP contribution in [0.2, 0.25) is 0 Å². The quantitative estimate of drug-likeness (QED) is 0.689. The van der Waals surface area contributed by atoms with Gasteiger partial charge in [-0.25, -0.2) is 4.79 Å². The number of carbonyl (C=O) groups is 4. The van der Waals surface area contributed by atoms with Crippen molar-refractivity contribution in [3.63, 3.8) is 0 Å². The van der Waals surface area contributed by atoms with Crippen LogP contribution >= 0.6 is 0 Å². The SMILES string of the molecule is O=C1C=CCCNC(=O)NCC(=O)CCCC(=O)CC1. The minimum absolute atomic E-state index is 0.00246. The van der Waals surface area contributed by atoms with Crippen molar-refractivity contribution in [2.24, 2.45) is 0 Å². The number of hydrogen-bond donors (Lipinski definition) is 2. The third kappa shape index (κ3) is 7.45. The lowest BCUT2D eigenvalue weighted by atomic mass is 10.1. The predicted octanol–water partition coefficient (Wildman–Crippen LogP) is 0.903. The summed E-state index contributed by atoms with van der Waals surface area (Å²) in [6.07, 6.45) is 5.11. The highest BCUT2D eigenvalue weighted by atomic mass is 16.2. The summed E-state index contributed by atoms with van der Waals surface area (Å²) in [5.74, 6) is -0.195. The van der Waals surface area contributed by atoms with Crippen molar-refractivity contribution in [2.75, 3.05) is 13.1 Å². The van der Waals surface area contributed by atoms with Crippen LogP contribution in [0.25, 0.3) is 0 Å². The van der Waals surface area contributed by atoms with Gasteiger partial charge in [0.2, 0.25) is 0 Å². The molecule has 0 aromatic heterocycles. The number of Topliss-reactive ketones (excluding diaryl/α,β-unsaturated/α-hetero) is 2. The van der Waals surface area contributed by atoms with Gasteiger partial charge in [0.25, 0.3) is 0 Å². The van der Waals surface area contributed by atoms with Crippen LogP contribution in [0.4, 0.5) is 4.79 Å². The highest BCUT2D eigenvalue weighted by Gasteiger charge is 2.09. The number of rotatable bonds is 0. The van der Waals surface area contributed by atoms with Crippen molar-refractivity contribution >= 4 is 23.4 Å². The number of hydrogen-bond acceptors (Lipinski definition) is 4. The standard InChI is InChI=1S/C14H20N2O4/c17-11-4-1-2-9-15-14(20)16-10-13(19)6-3-5-12(18)8-7-11/h1,4H,2-3,5-10H2,(H2,15,16,20). The number of allylic oxidation sites excluding steroid dienone is 1. The molecule has 1 aliphatic rings. The number of carbonyl (C=O) groups excluding carboxylic acids is 4. The van der Waals surface area contributed by atoms with E-state index in [1.54, 1.807) is 6.08 Å². The summed E-state index contributed by atoms with van der Waals surface area (Å²) in [4.78, 5) is 45.7. The van der Waals surface area contributed by atoms with Gasteiger partial charge in [-0.1, -0.05) is 6.08 Å². The maximum Gasteiger partial charge on any atom is 0.315 e. The van der Waals surface area contributed by atoms with Crippen LogP contribution in [0.1, 0.15) is 38.5 Å². The van der Waals surface area contributed by atoms with Gasteiger partial charge >= 0.3 is 6.03 Å². The first-order chi connectivity index (χ1) is 9.58. The molecule has 1 rings (SSSR count). The van der Waals surface area contributed by atoms with E-state index in [0.29, 0.717) is 25.8 Å². The zero-order chi connectivity index (χ0) is 14.8. The summed E-state index contributed by atoms with van der Waals surface area (Å²) < 4.78 is 0. The lowest BCUT2D eigenvalue weighted by molar-refractivity contribution is -0.122. The molecule has 0 fully saturated rings. The normalized spacial score (nSPS) is 20.4. The highest BCUT2D eigenvalue weighted by molar-refractivity contribution is 5.93. The molecule has 20 heavy (non-hydrogen) atoms. The average Bonchev–Trinajstić information content (AvgIpc) is 2.41. The van der Waals surface area contributed by atoms with E-state index in [1.807, 2.05) is 0 Å². The van der Waals surface area contributed by atoms with Crippen molar-refractivity contribution < 1.29 is 19.2 Å². The molecular formula is C14H20N2O4. The fraction of sp³-hybridized carbons (Fsp3) is 0.571. The van der Waals surface area contributed by atoms with Gasteiger partial charge in [0.05, 0.1) is 6.54 Å². The van der Waals surface area contributed by atoms with E-state index in [2.05, 4.69) is 10.6 Å². The van der Waals surface area contributed by atoms with E-state index < -0.39 is 6.03 Å². The Morgan fingerprint density at radius 1 is 0.850 bits per heavy atom. The van der Waals surface area contributed by atoms with Crippen molar-refractivity contribution in [1.29, 1.82) is 0 Å². The molecule has 0 bridgehead atoms. The Labute approximate surface area is 118 Å². The zero-order valence-corrected chi connectivity index (χ0v) is 11.4. The van der Waals surface area contributed by atoms with Crippen LogP contribution in [-0.4, -0.2) is 36.5 Å². The fourth-order valence-corrected chi connectivity index (χ4v) is 1.77. The topological polar surface area (TPSA) is 92.3 Å². The molecule has 6 heteroatoms. The second-order valence-electron chi connectivity index (χ2n) is 4.70. The Morgan fingerprint density at radius 3 is 2.40 bits per heavy atom. The minimum Gasteiger partial charge on any atom is -0.338 e. The summed E-state index contributed by atoms with van der Waals surface area (Å²) in [6.45, 7) is 0.372. The maximum atomic E-state index is 11.5. The first kappa shape index (κ1) is 16.1. The molecule has 0 atom stereocenters. The number of ketones is 3. The summed E-state index contributed by atoms with van der Waals surface area (Å²) >= 11 is 0. The third-order valence-electron chi connectivity index (χ3n) is 2.91. The van der Waals surface area contributed by atoms with E-state index in [0.717, 1.165) is 0 Å². The highest BCUT2D eigenvalue weighted by Crippen LogP contribution is 2.03. The molecule has 0 saturated carbocycles. The monoisotopic (exact) mass is 280 g/mol. The molecule has 2 N–H and O–H groups in total. The first-order valence-electron chi connectivity index (χ1n) is 6.82. The molecular weight excluding hydrogens is 260 g/mol. The Morgan fingerprint density at radius 2 is 1.60 bits per heavy atom. The van der Waals surface area contributed by atoms with E-state index in [4.69, 9.17) is 0 Å². The molecule has 110 valence electrons. The van der Waals surface area contributed by atoms with Gasteiger partial charge < -0.3 is 10.6 Å². The molecule has 0 unspecified atom stereocenters. The largest absolute Gasteiger partial charge is 0.338 e. The van der Waals surface area contributed by atoms with Gasteiger partial charge in [-0.3, -0.25) is 14.4 Å². The van der Waals surface area contributed by atoms with Crippen molar-refractivity contribution in [3.8, 4) is 0 Å². The molecule has 0 aromatic rings. The summed E-state index contributed by atoms with van der Waals surface area (Å²) in [6, 6.07) is -0.402. The zero-order valence-electron chi connectivity index (χ0n) is 11.4. The Balaban J connectivity index is 2.50. The second-order valence-corrected chi connectivity index (χ2v) is 4.70. The van der Waals surface area contributed by atoms with E-state index in [-0.39, 0.29) is 43.2 Å². The molecule has 6 nitrogen and oxygen atoms in total. The number of amides is 2. The van der Waals surface area contributed by atoms with Crippen LogP contribution < -0.4 is 10.6 Å². The molecule has 0 spiro atoms. The van der Waals surface area contributed by atoms with E-state index in [1.165, 1.54) is 6.08 Å². The van der Waals surface area contributed by atoms with Crippen molar-refractivity contribution in [2.45, 2.75) is 38.5 Å². The van der Waals surface area contributed by atoms with Crippen molar-refractivity contribution in [3.05, 3.63) is 12.2 Å². The Bertz CT molecular complexity index is 415. The van der Waals surface area contributed by atoms with Gasteiger partial charge in [-0.15, -0.1) is 0 Å². The van der Waals surface area contributed by atoms with E-state index in [9.17, 15) is 19.2 Å². The van der Waals surface area contributed by atoms with Crippen LogP contribution in [0.5, 0.6) is 0 Å². The lowest BCUT2D eigenvalue weighted by Crippen LogP contribution is -2.38. The molecule has 0 aliphatic carbocycles. The third-order valence-corrected chi connectivity index (χ3v) is 2.91. The molecule has 0 saturated heterocycles. The Hall–Kier alpha value is -1.98. The summed E-state index contributed by atoms with van der Waals surface area (Å²) in [5, 5.41) is 5.05. The van der Waals surface area contributed by atoms with Crippen LogP contribution in [0.3, 0.4) is 0 Å². The van der Waals surface area contributed by atoms with Crippen LogP contribution in [0.15, 0.2) is 12.2 Å². The minimum atomic E-state index is -0.402. The number of nitrogens with one attached hydrogen (secondary N) is 2. The second kappa shape index (κ2) is 9.01. The van der Waals surface area contributed by atoms with Crippen LogP contribution in [-0.2, 0) is 14.4 Å². The van der Waals surface area contributed by atoms with Crippen molar-refractivity contribution in [1.82, 2.24) is 10.6 Å². The van der Waals surface area contributed by atoms with Gasteiger partial charge in [-0.2, -0.15) is 0 Å². The predicted molar refractivity (Wildman–Crippen MR) is 73.3 cm³/mol. The summed E-state index contributed by atoms with van der Waals surface area (Å²) in [5.41, 5.74) is 0. The maximum absolute atomic E-state index is 11.5. The molecule has 0 aromatic carbocycles. The van der Waals surface area contributed by atoms with Gasteiger partial charge in [-0.05, 0) is 18.9 Å². The molecule has 0 radical (unpaired) electrons. The average molecular weight is 280 g/mol. The molecule has 2 amide bonds. The summed E-state index contributed by atoms with van der Waals surface area (Å²) in [7, 11) is 0. The van der Waals surface area contributed by atoms with E-state index >= 15 is 0 Å². The van der Waals surface area contributed by atoms with Gasteiger partial charge in [0, 0.05) is 32.2 Å². The van der Waals surface area contributed by atoms with Crippen LogP contribution in [0, 0.1) is 0 Å². The Kier molecular flexibility index (Phi) is 7.24. The smallest absolute Gasteiger partial charge is 0.315 e. The molecule has 1 aliphatic heterocycles. The lowest BCUT2D eigenvalue weighted by Gasteiger charge is -2.06. The fourth-order valence-electron chi connectivity index (χ4n) is 1.77.